The van der Waals surface area contributed by atoms with Gasteiger partial charge in [0.25, 0.3) is 0 Å². The van der Waals surface area contributed by atoms with Gasteiger partial charge >= 0.3 is 0 Å². The van der Waals surface area contributed by atoms with Crippen molar-refractivity contribution in [3.05, 3.63) is 0 Å². The highest BCUT2D eigenvalue weighted by Gasteiger charge is 1.92. The normalized spacial score (nSPS) is 13.8. The Morgan fingerprint density at radius 1 is 1.75 bits per heavy atom. The van der Waals surface area contributed by atoms with E-state index >= 15 is 0 Å². The van der Waals surface area contributed by atoms with Gasteiger partial charge in [-0.25, -0.2) is 0 Å². The third-order valence-electron chi connectivity index (χ3n) is 1.06. The van der Waals surface area contributed by atoms with E-state index in [1.54, 1.807) is 0 Å². The van der Waals surface area contributed by atoms with Crippen LogP contribution in [0.25, 0.3) is 0 Å². The molecule has 2 heteroatoms. The summed E-state index contributed by atoms with van der Waals surface area (Å²) in [5, 5.41) is 3.12. The van der Waals surface area contributed by atoms with Gasteiger partial charge in [-0.2, -0.15) is 0 Å². The Kier molecular flexibility index (Phi) is 6.09. The molecule has 0 aliphatic rings. The van der Waals surface area contributed by atoms with E-state index in [4.69, 9.17) is 0 Å². The molecule has 1 unspecified atom stereocenters. The third-order valence-corrected chi connectivity index (χ3v) is 3.18. The van der Waals surface area contributed by atoms with Crippen LogP contribution in [0.3, 0.4) is 0 Å². The molecule has 0 fully saturated rings. The zero-order chi connectivity index (χ0) is 6.41. The molecule has 8 heavy (non-hydrogen) atoms. The van der Waals surface area contributed by atoms with Crippen LogP contribution in [0.2, 0.25) is 0 Å². The molecular formula is C6H14IN. The van der Waals surface area contributed by atoms with Crippen LogP contribution >= 0.6 is 20.7 Å². The molecule has 0 aliphatic carbocycles. The zero-order valence-corrected chi connectivity index (χ0v) is 7.73. The second kappa shape index (κ2) is 5.69. The number of alkyl halides is 1. The van der Waals surface area contributed by atoms with Crippen molar-refractivity contribution in [2.45, 2.75) is 17.3 Å². The molecule has 0 saturated carbocycles. The van der Waals surface area contributed by atoms with E-state index in [1.165, 1.54) is 6.42 Å². The molecule has 0 aromatic rings. The van der Waals surface area contributed by atoms with Crippen LogP contribution in [-0.4, -0.2) is 22.0 Å². The molecule has 0 aromatic carbocycles. The Labute approximate surface area is 61.6 Å². The van der Waals surface area contributed by atoms with Crippen LogP contribution < -0.4 is 5.32 Å². The summed E-state index contributed by atoms with van der Waals surface area (Å²) in [5.74, 6) is 0. The van der Waals surface area contributed by atoms with Gasteiger partial charge in [0, 0.05) is 3.92 Å². The fraction of sp³-hybridized carbons (Fsp3) is 0.833. The Hall–Kier alpha value is 0.560. The predicted octanol–water partition coefficient (Wildman–Crippen LogP) is 1.39. The van der Waals surface area contributed by atoms with Crippen molar-refractivity contribution in [1.29, 1.82) is 0 Å². The lowest BCUT2D eigenvalue weighted by molar-refractivity contribution is 0.732. The van der Waals surface area contributed by atoms with E-state index in [-0.39, 0.29) is 20.7 Å². The summed E-state index contributed by atoms with van der Waals surface area (Å²) in [4.78, 5) is 0. The monoisotopic (exact) mass is 227 g/mol. The first-order valence-electron chi connectivity index (χ1n) is 2.82. The van der Waals surface area contributed by atoms with Crippen molar-refractivity contribution in [2.75, 3.05) is 13.6 Å². The maximum Gasteiger partial charge on any atom is 0.00406 e. The van der Waals surface area contributed by atoms with E-state index in [9.17, 15) is 0 Å². The van der Waals surface area contributed by atoms with Gasteiger partial charge in [0.15, 0.2) is 0 Å². The van der Waals surface area contributed by atoms with Crippen LogP contribution in [0.1, 0.15) is 13.3 Å². The first-order chi connectivity index (χ1) is 3.81. The lowest BCUT2D eigenvalue weighted by Crippen LogP contribution is -2.10. The molecule has 0 saturated heterocycles. The van der Waals surface area contributed by atoms with E-state index < -0.39 is 0 Å². The minimum Gasteiger partial charge on any atom is -0.320 e. The number of hydrogen-bond acceptors (Lipinski definition) is 1. The summed E-state index contributed by atoms with van der Waals surface area (Å²) < 4.78 is 4.81. The summed E-state index contributed by atoms with van der Waals surface area (Å²) in [5.41, 5.74) is 0. The Morgan fingerprint density at radius 3 is 2.75 bits per heavy atom. The van der Waals surface area contributed by atoms with Gasteiger partial charge in [0.1, 0.15) is 0 Å². The van der Waals surface area contributed by atoms with Crippen LogP contribution in [0.4, 0.5) is 0 Å². The second-order valence-corrected chi connectivity index (χ2v) is 4.83. The van der Waals surface area contributed by atoms with Crippen molar-refractivity contribution in [1.82, 2.24) is 5.32 Å². The average molecular weight is 227 g/mol. The van der Waals surface area contributed by atoms with Gasteiger partial charge in [0.05, 0.1) is 0 Å². The zero-order valence-electron chi connectivity index (χ0n) is 5.58. The van der Waals surface area contributed by atoms with Crippen LogP contribution in [0.15, 0.2) is 0 Å². The molecule has 1 N–H and O–H groups in total. The summed E-state index contributed by atoms with van der Waals surface area (Å²) in [7, 11) is 1.99. The maximum atomic E-state index is 3.92. The molecule has 0 aromatic heterocycles. The lowest BCUT2D eigenvalue weighted by atomic mass is 10.3. The quantitative estimate of drug-likeness (QED) is 0.565. The van der Waals surface area contributed by atoms with E-state index in [0.717, 1.165) is 10.5 Å². The SMILES string of the molecule is C=IC(C)CCNC. The highest BCUT2D eigenvalue weighted by Crippen LogP contribution is 2.07. The highest BCUT2D eigenvalue weighted by molar-refractivity contribution is 14.2. The molecule has 1 nitrogen and oxygen atoms in total. The highest BCUT2D eigenvalue weighted by atomic mass is 127. The van der Waals surface area contributed by atoms with Gasteiger partial charge in [0.2, 0.25) is 0 Å². The lowest BCUT2D eigenvalue weighted by Gasteiger charge is -2.01. The smallest absolute Gasteiger partial charge is 0.00406 e. The number of nitrogens with one attached hydrogen (secondary N) is 1. The number of rotatable bonds is 4. The number of hydrogen-bond donors (Lipinski definition) is 1. The summed E-state index contributed by atoms with van der Waals surface area (Å²) in [6.45, 7) is 3.42. The second-order valence-electron chi connectivity index (χ2n) is 1.83. The molecule has 0 spiro atoms. The van der Waals surface area contributed by atoms with Crippen molar-refractivity contribution >= 4 is 25.2 Å². The molecule has 0 amide bonds. The minimum atomic E-state index is 0.242. The first kappa shape index (κ1) is 8.56. The van der Waals surface area contributed by atoms with Crippen molar-refractivity contribution in [3.63, 3.8) is 0 Å². The number of halogens is 1. The van der Waals surface area contributed by atoms with Gasteiger partial charge < -0.3 is 5.32 Å². The van der Waals surface area contributed by atoms with Gasteiger partial charge in [-0.15, -0.1) is 20.7 Å². The van der Waals surface area contributed by atoms with Gasteiger partial charge in [-0.05, 0) is 20.0 Å². The van der Waals surface area contributed by atoms with Crippen LogP contribution in [-0.2, 0) is 0 Å². The molecule has 0 heterocycles. The molecule has 0 radical (unpaired) electrons. The molecule has 0 aliphatic heterocycles. The maximum absolute atomic E-state index is 3.92. The molecular weight excluding hydrogens is 213 g/mol. The summed E-state index contributed by atoms with van der Waals surface area (Å²) >= 11 is 0.242. The molecule has 1 atom stereocenters. The molecule has 0 rings (SSSR count). The summed E-state index contributed by atoms with van der Waals surface area (Å²) in [6.07, 6.45) is 1.30. The Bertz CT molecular complexity index is 63.5. The molecule has 50 valence electrons. The standard InChI is InChI=1S/C6H14IN/c1-6(7-2)4-5-8-3/h6,8H,2,4-5H2,1,3H3. The average Bonchev–Trinajstić information content (AvgIpc) is 1.83. The van der Waals surface area contributed by atoms with Gasteiger partial charge in [-0.1, -0.05) is 11.4 Å². The topological polar surface area (TPSA) is 12.0 Å². The Balaban J connectivity index is 2.98. The molecule has 0 bridgehead atoms. The third kappa shape index (κ3) is 4.71. The largest absolute Gasteiger partial charge is 0.320 e. The predicted molar refractivity (Wildman–Crippen MR) is 49.1 cm³/mol. The first-order valence-corrected chi connectivity index (χ1v) is 5.60. The van der Waals surface area contributed by atoms with Crippen LogP contribution in [0.5, 0.6) is 0 Å². The summed E-state index contributed by atoms with van der Waals surface area (Å²) in [6, 6.07) is 0. The minimum absolute atomic E-state index is 0.242. The van der Waals surface area contributed by atoms with Crippen LogP contribution in [0, 0.1) is 0 Å². The van der Waals surface area contributed by atoms with Crippen molar-refractivity contribution in [3.8, 4) is 0 Å². The van der Waals surface area contributed by atoms with Crippen molar-refractivity contribution in [2.24, 2.45) is 0 Å². The Morgan fingerprint density at radius 2 is 2.38 bits per heavy atom. The van der Waals surface area contributed by atoms with Crippen molar-refractivity contribution < 1.29 is 0 Å². The van der Waals surface area contributed by atoms with E-state index in [0.29, 0.717) is 0 Å². The fourth-order valence-electron chi connectivity index (χ4n) is 0.420. The van der Waals surface area contributed by atoms with E-state index in [1.807, 2.05) is 7.05 Å². The van der Waals surface area contributed by atoms with E-state index in [2.05, 4.69) is 16.8 Å². The fourth-order valence-corrected chi connectivity index (χ4v) is 1.17. The van der Waals surface area contributed by atoms with Gasteiger partial charge in [-0.3, -0.25) is 0 Å².